The van der Waals surface area contributed by atoms with Crippen LogP contribution in [0.4, 0.5) is 11.4 Å². The van der Waals surface area contributed by atoms with Gasteiger partial charge in [-0.25, -0.2) is 4.98 Å². The Bertz CT molecular complexity index is 596. The van der Waals surface area contributed by atoms with Crippen molar-refractivity contribution in [2.45, 2.75) is 0 Å². The maximum Gasteiger partial charge on any atom is 0.261 e. The number of benzene rings is 1. The van der Waals surface area contributed by atoms with Crippen molar-refractivity contribution in [2.24, 2.45) is 0 Å². The molecule has 0 unspecified atom stereocenters. The minimum absolute atomic E-state index is 0.241. The number of nitrogen functional groups attached to an aromatic ring is 1. The first-order valence-corrected chi connectivity index (χ1v) is 5.85. The van der Waals surface area contributed by atoms with Gasteiger partial charge in [0.1, 0.15) is 5.56 Å². The molecule has 0 bridgehead atoms. The van der Waals surface area contributed by atoms with Gasteiger partial charge in [-0.1, -0.05) is 17.7 Å². The Kier molecular flexibility index (Phi) is 3.87. The topological polar surface area (TPSA) is 77.2 Å². The maximum absolute atomic E-state index is 12.2. The van der Waals surface area contributed by atoms with Crippen LogP contribution in [-0.4, -0.2) is 18.0 Å². The molecule has 19 heavy (non-hydrogen) atoms. The van der Waals surface area contributed by atoms with Crippen LogP contribution in [0.2, 0.25) is 5.02 Å². The van der Waals surface area contributed by atoms with E-state index in [1.54, 1.807) is 36.5 Å². The van der Waals surface area contributed by atoms with E-state index in [0.717, 1.165) is 0 Å². The number of nitrogens with one attached hydrogen (secondary N) is 1. The molecule has 0 aliphatic heterocycles. The lowest BCUT2D eigenvalue weighted by Crippen LogP contribution is -2.15. The highest BCUT2D eigenvalue weighted by Gasteiger charge is 2.15. The molecule has 1 amide bonds. The third-order valence-electron chi connectivity index (χ3n) is 2.49. The number of halogens is 1. The number of hydrogen-bond acceptors (Lipinski definition) is 4. The molecule has 0 aliphatic carbocycles. The standard InChI is InChI=1S/C13H12ClN3O2/c1-19-13-8(4-3-7-16-13)12(18)17-11-9(14)5-2-6-10(11)15/h2-7H,15H2,1H3,(H,17,18). The summed E-state index contributed by atoms with van der Waals surface area (Å²) in [4.78, 5) is 16.1. The van der Waals surface area contributed by atoms with E-state index in [4.69, 9.17) is 22.1 Å². The second kappa shape index (κ2) is 5.58. The molecular formula is C13H12ClN3O2. The summed E-state index contributed by atoms with van der Waals surface area (Å²) in [6, 6.07) is 8.26. The van der Waals surface area contributed by atoms with Crippen molar-refractivity contribution in [1.82, 2.24) is 4.98 Å². The Labute approximate surface area is 115 Å². The number of nitrogens with zero attached hydrogens (tertiary/aromatic N) is 1. The van der Waals surface area contributed by atoms with Gasteiger partial charge < -0.3 is 15.8 Å². The van der Waals surface area contributed by atoms with E-state index in [1.807, 2.05) is 0 Å². The minimum Gasteiger partial charge on any atom is -0.480 e. The van der Waals surface area contributed by atoms with Crippen LogP contribution in [0.5, 0.6) is 5.88 Å². The smallest absolute Gasteiger partial charge is 0.261 e. The van der Waals surface area contributed by atoms with Crippen molar-refractivity contribution in [3.8, 4) is 5.88 Å². The second-order valence-corrected chi connectivity index (χ2v) is 4.13. The Morgan fingerprint density at radius 1 is 1.37 bits per heavy atom. The number of aromatic nitrogens is 1. The molecule has 0 radical (unpaired) electrons. The van der Waals surface area contributed by atoms with Crippen LogP contribution in [0.1, 0.15) is 10.4 Å². The van der Waals surface area contributed by atoms with E-state index >= 15 is 0 Å². The first-order valence-electron chi connectivity index (χ1n) is 5.48. The van der Waals surface area contributed by atoms with Gasteiger partial charge in [-0.3, -0.25) is 4.79 Å². The van der Waals surface area contributed by atoms with Gasteiger partial charge in [-0.2, -0.15) is 0 Å². The number of para-hydroxylation sites is 1. The molecule has 98 valence electrons. The largest absolute Gasteiger partial charge is 0.480 e. The number of pyridine rings is 1. The molecule has 0 saturated carbocycles. The predicted molar refractivity (Wildman–Crippen MR) is 74.6 cm³/mol. The second-order valence-electron chi connectivity index (χ2n) is 3.72. The Morgan fingerprint density at radius 2 is 2.16 bits per heavy atom. The SMILES string of the molecule is COc1ncccc1C(=O)Nc1c(N)cccc1Cl. The number of carbonyl (C=O) groups excluding carboxylic acids is 1. The van der Waals surface area contributed by atoms with Crippen LogP contribution >= 0.6 is 11.6 Å². The van der Waals surface area contributed by atoms with Crippen molar-refractivity contribution in [1.29, 1.82) is 0 Å². The summed E-state index contributed by atoms with van der Waals surface area (Å²) in [5, 5.41) is 3.03. The lowest BCUT2D eigenvalue weighted by atomic mass is 10.2. The van der Waals surface area contributed by atoms with Crippen LogP contribution in [0.3, 0.4) is 0 Å². The molecule has 3 N–H and O–H groups in total. The monoisotopic (exact) mass is 277 g/mol. The molecule has 0 spiro atoms. The third kappa shape index (κ3) is 2.77. The number of rotatable bonds is 3. The van der Waals surface area contributed by atoms with Crippen LogP contribution in [0, 0.1) is 0 Å². The van der Waals surface area contributed by atoms with Crippen molar-refractivity contribution in [3.63, 3.8) is 0 Å². The highest BCUT2D eigenvalue weighted by Crippen LogP contribution is 2.28. The third-order valence-corrected chi connectivity index (χ3v) is 2.81. The molecule has 0 aliphatic rings. The highest BCUT2D eigenvalue weighted by atomic mass is 35.5. The minimum atomic E-state index is -0.384. The Balaban J connectivity index is 2.31. The van der Waals surface area contributed by atoms with Crippen molar-refractivity contribution in [3.05, 3.63) is 47.1 Å². The highest BCUT2D eigenvalue weighted by molar-refractivity contribution is 6.34. The van der Waals surface area contributed by atoms with E-state index in [9.17, 15) is 4.79 Å². The molecule has 5 nitrogen and oxygen atoms in total. The van der Waals surface area contributed by atoms with Gasteiger partial charge in [0.05, 0.1) is 23.5 Å². The first kappa shape index (κ1) is 13.2. The van der Waals surface area contributed by atoms with Crippen LogP contribution < -0.4 is 15.8 Å². The van der Waals surface area contributed by atoms with Gasteiger partial charge in [0.15, 0.2) is 0 Å². The van der Waals surface area contributed by atoms with Crippen molar-refractivity contribution < 1.29 is 9.53 Å². The molecule has 0 fully saturated rings. The summed E-state index contributed by atoms with van der Waals surface area (Å²) in [5.74, 6) is -0.143. The molecule has 2 rings (SSSR count). The zero-order valence-corrected chi connectivity index (χ0v) is 10.9. The molecule has 6 heteroatoms. The number of ether oxygens (including phenoxy) is 1. The van der Waals surface area contributed by atoms with Crippen LogP contribution in [-0.2, 0) is 0 Å². The van der Waals surface area contributed by atoms with Gasteiger partial charge >= 0.3 is 0 Å². The molecule has 2 aromatic rings. The lowest BCUT2D eigenvalue weighted by molar-refractivity contribution is 0.102. The van der Waals surface area contributed by atoms with Gasteiger partial charge in [0.2, 0.25) is 5.88 Å². The molecule has 0 saturated heterocycles. The van der Waals surface area contributed by atoms with Gasteiger partial charge in [-0.15, -0.1) is 0 Å². The summed E-state index contributed by atoms with van der Waals surface area (Å²) in [5.41, 5.74) is 6.85. The van der Waals surface area contributed by atoms with E-state index in [1.165, 1.54) is 7.11 Å². The average Bonchev–Trinajstić information content (AvgIpc) is 2.42. The number of nitrogens with two attached hydrogens (primary N) is 1. The lowest BCUT2D eigenvalue weighted by Gasteiger charge is -2.11. The van der Waals surface area contributed by atoms with E-state index in [0.29, 0.717) is 22.0 Å². The summed E-state index contributed by atoms with van der Waals surface area (Å²) < 4.78 is 5.03. The first-order chi connectivity index (χ1) is 9.13. The van der Waals surface area contributed by atoms with Gasteiger partial charge in [-0.05, 0) is 24.3 Å². The number of anilines is 2. The van der Waals surface area contributed by atoms with E-state index in [-0.39, 0.29) is 11.8 Å². The number of hydrogen-bond donors (Lipinski definition) is 2. The Morgan fingerprint density at radius 3 is 2.84 bits per heavy atom. The van der Waals surface area contributed by atoms with E-state index < -0.39 is 0 Å². The van der Waals surface area contributed by atoms with Gasteiger partial charge in [0.25, 0.3) is 5.91 Å². The predicted octanol–water partition coefficient (Wildman–Crippen LogP) is 2.58. The summed E-state index contributed by atoms with van der Waals surface area (Å²) >= 11 is 5.99. The summed E-state index contributed by atoms with van der Waals surface area (Å²) in [6.45, 7) is 0. The maximum atomic E-state index is 12.2. The zero-order valence-electron chi connectivity index (χ0n) is 10.2. The zero-order chi connectivity index (χ0) is 13.8. The van der Waals surface area contributed by atoms with Crippen molar-refractivity contribution in [2.75, 3.05) is 18.2 Å². The number of methoxy groups -OCH3 is 1. The fraction of sp³-hybridized carbons (Fsp3) is 0.0769. The van der Waals surface area contributed by atoms with Crippen LogP contribution in [0.15, 0.2) is 36.5 Å². The van der Waals surface area contributed by atoms with Crippen molar-refractivity contribution >= 4 is 28.9 Å². The average molecular weight is 278 g/mol. The van der Waals surface area contributed by atoms with Crippen LogP contribution in [0.25, 0.3) is 0 Å². The van der Waals surface area contributed by atoms with Gasteiger partial charge in [0, 0.05) is 6.20 Å². The fourth-order valence-electron chi connectivity index (χ4n) is 1.58. The fourth-order valence-corrected chi connectivity index (χ4v) is 1.81. The quantitative estimate of drug-likeness (QED) is 0.846. The molecule has 0 atom stereocenters. The molecular weight excluding hydrogens is 266 g/mol. The van der Waals surface area contributed by atoms with E-state index in [2.05, 4.69) is 10.3 Å². The molecule has 1 aromatic carbocycles. The Hall–Kier alpha value is -2.27. The number of carbonyl (C=O) groups is 1. The number of amides is 1. The normalized spacial score (nSPS) is 10.0. The summed E-state index contributed by atoms with van der Waals surface area (Å²) in [6.07, 6.45) is 1.54. The molecule has 1 heterocycles. The summed E-state index contributed by atoms with van der Waals surface area (Å²) in [7, 11) is 1.45. The molecule has 1 aromatic heterocycles.